The Hall–Kier alpha value is -2.65. The first-order chi connectivity index (χ1) is 16.8. The number of benzene rings is 1. The maximum absolute atomic E-state index is 13.3. The number of fused-ring (bicyclic) bond motifs is 1. The molecule has 2 heterocycles. The third kappa shape index (κ3) is 6.95. The minimum Gasteiger partial charge on any atom is -0.493 e. The Labute approximate surface area is 207 Å². The minimum absolute atomic E-state index is 0.0180. The van der Waals surface area contributed by atoms with Crippen LogP contribution in [0.15, 0.2) is 18.2 Å². The number of carboxylic acid groups (broad SMARTS) is 1. The van der Waals surface area contributed by atoms with Gasteiger partial charge in [-0.15, -0.1) is 0 Å². The molecule has 0 aromatic heterocycles. The summed E-state index contributed by atoms with van der Waals surface area (Å²) in [6, 6.07) is 5.52. The summed E-state index contributed by atoms with van der Waals surface area (Å²) in [4.78, 5) is 41.0. The van der Waals surface area contributed by atoms with Crippen LogP contribution >= 0.6 is 0 Å². The molecule has 0 radical (unpaired) electrons. The molecule has 0 spiro atoms. The molecule has 0 saturated carbocycles. The lowest BCUT2D eigenvalue weighted by Gasteiger charge is -2.29. The quantitative estimate of drug-likeness (QED) is 0.385. The molecule has 35 heavy (non-hydrogen) atoms. The molecule has 1 fully saturated rings. The number of aliphatic hydroxyl groups excluding tert-OH is 1. The highest BCUT2D eigenvalue weighted by Crippen LogP contribution is 2.40. The zero-order valence-corrected chi connectivity index (χ0v) is 20.9. The highest BCUT2D eigenvalue weighted by molar-refractivity contribution is 5.79. The molecule has 3 N–H and O–H groups in total. The third-order valence-electron chi connectivity index (χ3n) is 7.05. The standard InChI is InChI=1S/C26H39N3O6/c1-3-4-11-28(12-5-13-30)24(32)17-29-16-21(19-6-7-23-20(15-19)9-14-35-23)25(26(33)34)22(29)8-10-27-18(2)31/h6-7,15,21-22,25,30H,3-5,8-14,16-17H2,1-2H3,(H,27,31)(H,33,34)/t21-,22+,25-/m1/s1. The van der Waals surface area contributed by atoms with Crippen LogP contribution in [0.5, 0.6) is 5.75 Å². The molecule has 0 aliphatic carbocycles. The summed E-state index contributed by atoms with van der Waals surface area (Å²) in [5.41, 5.74) is 2.04. The minimum atomic E-state index is -0.891. The van der Waals surface area contributed by atoms with Crippen LogP contribution in [0.2, 0.25) is 0 Å². The van der Waals surface area contributed by atoms with Crippen LogP contribution in [0.3, 0.4) is 0 Å². The predicted molar refractivity (Wildman–Crippen MR) is 131 cm³/mol. The molecule has 0 unspecified atom stereocenters. The third-order valence-corrected chi connectivity index (χ3v) is 7.05. The summed E-state index contributed by atoms with van der Waals surface area (Å²) in [6.45, 7) is 6.18. The fraction of sp³-hybridized carbons (Fsp3) is 0.654. The number of hydrogen-bond acceptors (Lipinski definition) is 6. The largest absolute Gasteiger partial charge is 0.493 e. The number of hydrogen-bond donors (Lipinski definition) is 3. The Morgan fingerprint density at radius 3 is 2.69 bits per heavy atom. The zero-order chi connectivity index (χ0) is 25.4. The van der Waals surface area contributed by atoms with E-state index in [0.717, 1.165) is 36.1 Å². The summed E-state index contributed by atoms with van der Waals surface area (Å²) in [5, 5.41) is 22.3. The number of aliphatic carboxylic acids is 1. The molecular formula is C26H39N3O6. The molecule has 2 aliphatic rings. The lowest BCUT2D eigenvalue weighted by atomic mass is 9.83. The number of rotatable bonds is 13. The van der Waals surface area contributed by atoms with Crippen molar-refractivity contribution in [3.05, 3.63) is 29.3 Å². The number of ether oxygens (including phenoxy) is 1. The van der Waals surface area contributed by atoms with Gasteiger partial charge in [-0.3, -0.25) is 19.3 Å². The summed E-state index contributed by atoms with van der Waals surface area (Å²) in [6.07, 6.45) is 3.59. The van der Waals surface area contributed by atoms with Crippen LogP contribution in [0.25, 0.3) is 0 Å². The Bertz CT molecular complexity index is 884. The molecule has 2 amide bonds. The maximum Gasteiger partial charge on any atom is 0.308 e. The zero-order valence-electron chi connectivity index (χ0n) is 20.9. The molecular weight excluding hydrogens is 450 g/mol. The molecule has 3 atom stereocenters. The molecule has 194 valence electrons. The Kier molecular flexibility index (Phi) is 9.92. The highest BCUT2D eigenvalue weighted by atomic mass is 16.5. The van der Waals surface area contributed by atoms with Gasteiger partial charge in [0.05, 0.1) is 19.1 Å². The summed E-state index contributed by atoms with van der Waals surface area (Å²) in [5.74, 6) is -1.22. The van der Waals surface area contributed by atoms with Crippen LogP contribution in [0, 0.1) is 5.92 Å². The molecule has 3 rings (SSSR count). The SMILES string of the molecule is CCCCN(CCCO)C(=O)CN1C[C@H](c2ccc3c(c2)CCO3)[C@@H](C(=O)O)[C@@H]1CCNC(C)=O. The van der Waals surface area contributed by atoms with Gasteiger partial charge in [0.15, 0.2) is 0 Å². The Morgan fingerprint density at radius 1 is 1.23 bits per heavy atom. The number of likely N-dealkylation sites (tertiary alicyclic amines) is 1. The van der Waals surface area contributed by atoms with Gasteiger partial charge in [0.2, 0.25) is 11.8 Å². The van der Waals surface area contributed by atoms with Crippen molar-refractivity contribution in [3.8, 4) is 5.75 Å². The van der Waals surface area contributed by atoms with Crippen molar-refractivity contribution in [2.24, 2.45) is 5.92 Å². The number of nitrogens with one attached hydrogen (secondary N) is 1. The first-order valence-electron chi connectivity index (χ1n) is 12.7. The first-order valence-corrected chi connectivity index (χ1v) is 12.7. The topological polar surface area (TPSA) is 119 Å². The molecule has 0 bridgehead atoms. The van der Waals surface area contributed by atoms with Crippen LogP contribution in [0.1, 0.15) is 56.6 Å². The van der Waals surface area contributed by atoms with E-state index in [-0.39, 0.29) is 36.9 Å². The second kappa shape index (κ2) is 12.9. The molecule has 9 nitrogen and oxygen atoms in total. The van der Waals surface area contributed by atoms with Gasteiger partial charge in [0, 0.05) is 58.1 Å². The number of amides is 2. The number of carbonyl (C=O) groups excluding carboxylic acids is 2. The van der Waals surface area contributed by atoms with E-state index in [2.05, 4.69) is 12.2 Å². The van der Waals surface area contributed by atoms with Crippen LogP contribution < -0.4 is 10.1 Å². The molecule has 1 saturated heterocycles. The smallest absolute Gasteiger partial charge is 0.308 e. The van der Waals surface area contributed by atoms with E-state index >= 15 is 0 Å². The average Bonchev–Trinajstić information content (AvgIpc) is 3.43. The second-order valence-corrected chi connectivity index (χ2v) is 9.52. The average molecular weight is 490 g/mol. The monoisotopic (exact) mass is 489 g/mol. The van der Waals surface area contributed by atoms with Gasteiger partial charge < -0.3 is 25.2 Å². The van der Waals surface area contributed by atoms with Crippen LogP contribution in [-0.2, 0) is 20.8 Å². The van der Waals surface area contributed by atoms with E-state index in [1.807, 2.05) is 23.1 Å². The van der Waals surface area contributed by atoms with E-state index in [4.69, 9.17) is 4.74 Å². The summed E-state index contributed by atoms with van der Waals surface area (Å²) in [7, 11) is 0. The molecule has 1 aromatic rings. The van der Waals surface area contributed by atoms with E-state index in [1.54, 1.807) is 4.90 Å². The van der Waals surface area contributed by atoms with Crippen molar-refractivity contribution in [2.45, 2.75) is 57.9 Å². The number of carboxylic acids is 1. The van der Waals surface area contributed by atoms with Crippen molar-refractivity contribution in [1.29, 1.82) is 0 Å². The fourth-order valence-electron chi connectivity index (χ4n) is 5.27. The van der Waals surface area contributed by atoms with Gasteiger partial charge in [-0.05, 0) is 36.5 Å². The van der Waals surface area contributed by atoms with Gasteiger partial charge in [-0.2, -0.15) is 0 Å². The van der Waals surface area contributed by atoms with Gasteiger partial charge in [0.1, 0.15) is 5.75 Å². The summed E-state index contributed by atoms with van der Waals surface area (Å²) < 4.78 is 5.62. The van der Waals surface area contributed by atoms with Gasteiger partial charge in [-0.25, -0.2) is 0 Å². The molecule has 9 heteroatoms. The Morgan fingerprint density at radius 2 is 2.00 bits per heavy atom. The van der Waals surface area contributed by atoms with Gasteiger partial charge >= 0.3 is 5.97 Å². The number of carbonyl (C=O) groups is 3. The van der Waals surface area contributed by atoms with Crippen molar-refractivity contribution in [3.63, 3.8) is 0 Å². The van der Waals surface area contributed by atoms with Crippen molar-refractivity contribution >= 4 is 17.8 Å². The maximum atomic E-state index is 13.3. The predicted octanol–water partition coefficient (Wildman–Crippen LogP) is 1.63. The van der Waals surface area contributed by atoms with E-state index in [0.29, 0.717) is 45.6 Å². The molecule has 2 aliphatic heterocycles. The lowest BCUT2D eigenvalue weighted by Crippen LogP contribution is -2.45. The van der Waals surface area contributed by atoms with Crippen LogP contribution in [0.4, 0.5) is 0 Å². The first kappa shape index (κ1) is 26.9. The van der Waals surface area contributed by atoms with E-state index in [9.17, 15) is 24.6 Å². The van der Waals surface area contributed by atoms with Gasteiger partial charge in [-0.1, -0.05) is 25.5 Å². The fourth-order valence-corrected chi connectivity index (χ4v) is 5.27. The van der Waals surface area contributed by atoms with Crippen molar-refractivity contribution in [1.82, 2.24) is 15.1 Å². The number of aliphatic hydroxyl groups is 1. The van der Waals surface area contributed by atoms with E-state index < -0.39 is 11.9 Å². The normalized spacial score (nSPS) is 21.4. The summed E-state index contributed by atoms with van der Waals surface area (Å²) >= 11 is 0. The Balaban J connectivity index is 1.84. The lowest BCUT2D eigenvalue weighted by molar-refractivity contribution is -0.143. The van der Waals surface area contributed by atoms with Crippen molar-refractivity contribution < 1.29 is 29.3 Å². The number of nitrogens with zero attached hydrogens (tertiary/aromatic N) is 2. The van der Waals surface area contributed by atoms with E-state index in [1.165, 1.54) is 6.92 Å². The van der Waals surface area contributed by atoms with Crippen molar-refractivity contribution in [2.75, 3.05) is 45.9 Å². The second-order valence-electron chi connectivity index (χ2n) is 9.52. The number of unbranched alkanes of at least 4 members (excludes halogenated alkanes) is 1. The molecule has 1 aromatic carbocycles. The van der Waals surface area contributed by atoms with Gasteiger partial charge in [0.25, 0.3) is 0 Å². The van der Waals surface area contributed by atoms with Crippen LogP contribution in [-0.4, -0.2) is 89.8 Å². The highest BCUT2D eigenvalue weighted by Gasteiger charge is 2.47.